The molecule has 1 aliphatic heterocycles. The van der Waals surface area contributed by atoms with Gasteiger partial charge in [0.25, 0.3) is 0 Å². The Hall–Kier alpha value is -1.31. The van der Waals surface area contributed by atoms with Crippen LogP contribution in [0.5, 0.6) is 5.75 Å². The molecule has 1 aromatic carbocycles. The molecular weight excluding hydrogens is 324 g/mol. The van der Waals surface area contributed by atoms with Gasteiger partial charge in [0.2, 0.25) is 6.10 Å². The van der Waals surface area contributed by atoms with Gasteiger partial charge in [0.1, 0.15) is 5.75 Å². The van der Waals surface area contributed by atoms with Gasteiger partial charge in [0.05, 0.1) is 5.56 Å². The predicted molar refractivity (Wildman–Crippen MR) is 77.8 cm³/mol. The van der Waals surface area contributed by atoms with Crippen LogP contribution in [0.4, 0.5) is 13.2 Å². The highest BCUT2D eigenvalue weighted by Gasteiger charge is 2.41. The molecule has 0 unspecified atom stereocenters. The highest BCUT2D eigenvalue weighted by Crippen LogP contribution is 2.36. The van der Waals surface area contributed by atoms with Gasteiger partial charge in [0.15, 0.2) is 0 Å². The minimum absolute atomic E-state index is 0.114. The first-order valence-electron chi connectivity index (χ1n) is 6.22. The summed E-state index contributed by atoms with van der Waals surface area (Å²) in [5.74, 6) is 6.25. The van der Waals surface area contributed by atoms with Crippen LogP contribution >= 0.6 is 23.2 Å². The lowest BCUT2D eigenvalue weighted by atomic mass is 10.0. The fraction of sp³-hybridized carbons (Fsp3) is 0.333. The Bertz CT molecular complexity index is 612. The molecule has 0 spiro atoms. The largest absolute Gasteiger partial charge is 0.475 e. The fourth-order valence-corrected chi connectivity index (χ4v) is 2.17. The van der Waals surface area contributed by atoms with Gasteiger partial charge in [-0.1, -0.05) is 29.5 Å². The zero-order valence-corrected chi connectivity index (χ0v) is 12.3. The summed E-state index contributed by atoms with van der Waals surface area (Å²) in [5.41, 5.74) is 0.843. The van der Waals surface area contributed by atoms with E-state index in [0.717, 1.165) is 6.08 Å². The number of unbranched alkanes of at least 4 members (excludes halogenated alkanes) is 1. The maximum Gasteiger partial charge on any atom is 0.429 e. The second kappa shape index (κ2) is 6.64. The third kappa shape index (κ3) is 4.09. The van der Waals surface area contributed by atoms with E-state index in [1.54, 1.807) is 6.07 Å². The summed E-state index contributed by atoms with van der Waals surface area (Å²) in [7, 11) is 0. The van der Waals surface area contributed by atoms with E-state index in [9.17, 15) is 13.2 Å². The van der Waals surface area contributed by atoms with Crippen LogP contribution in [0, 0.1) is 11.8 Å². The first-order chi connectivity index (χ1) is 9.91. The van der Waals surface area contributed by atoms with Crippen molar-refractivity contribution in [2.24, 2.45) is 0 Å². The summed E-state index contributed by atoms with van der Waals surface area (Å²) in [4.78, 5) is 0. The highest BCUT2D eigenvalue weighted by molar-refractivity contribution is 6.31. The second-order valence-electron chi connectivity index (χ2n) is 4.41. The third-order valence-corrected chi connectivity index (χ3v) is 3.24. The molecule has 0 saturated carbocycles. The van der Waals surface area contributed by atoms with Crippen molar-refractivity contribution in [2.45, 2.75) is 25.1 Å². The number of halogens is 5. The molecule has 0 radical (unpaired) electrons. The van der Waals surface area contributed by atoms with Crippen molar-refractivity contribution >= 4 is 29.3 Å². The maximum atomic E-state index is 12.7. The van der Waals surface area contributed by atoms with Crippen LogP contribution < -0.4 is 4.74 Å². The Labute approximate surface area is 130 Å². The van der Waals surface area contributed by atoms with Gasteiger partial charge in [-0.25, -0.2) is 0 Å². The molecule has 1 atom stereocenters. The van der Waals surface area contributed by atoms with Gasteiger partial charge in [-0.3, -0.25) is 0 Å². The summed E-state index contributed by atoms with van der Waals surface area (Å²) in [6, 6.07) is 3.05. The van der Waals surface area contributed by atoms with Gasteiger partial charge in [-0.15, -0.1) is 11.6 Å². The summed E-state index contributed by atoms with van der Waals surface area (Å²) in [5, 5.41) is 0.397. The molecule has 0 saturated heterocycles. The van der Waals surface area contributed by atoms with Crippen LogP contribution in [-0.2, 0) is 0 Å². The van der Waals surface area contributed by atoms with Crippen molar-refractivity contribution in [1.29, 1.82) is 0 Å². The van der Waals surface area contributed by atoms with E-state index < -0.39 is 12.3 Å². The van der Waals surface area contributed by atoms with E-state index in [4.69, 9.17) is 27.9 Å². The number of fused-ring (bicyclic) bond motifs is 1. The SMILES string of the molecule is FC(F)(F)[C@@H]1C=Cc2cc(Cl)cc(C#CCCCCl)c2O1. The average Bonchev–Trinajstić information content (AvgIpc) is 2.41. The highest BCUT2D eigenvalue weighted by atomic mass is 35.5. The smallest absolute Gasteiger partial charge is 0.429 e. The molecular formula is C15H11Cl2F3O. The van der Waals surface area contributed by atoms with E-state index in [-0.39, 0.29) is 5.75 Å². The molecule has 1 nitrogen and oxygen atoms in total. The molecule has 0 bridgehead atoms. The topological polar surface area (TPSA) is 9.23 Å². The van der Waals surface area contributed by atoms with Gasteiger partial charge >= 0.3 is 6.18 Å². The normalized spacial score (nSPS) is 16.7. The number of benzene rings is 1. The minimum atomic E-state index is -4.46. The minimum Gasteiger partial charge on any atom is -0.475 e. The molecule has 6 heteroatoms. The Balaban J connectivity index is 2.34. The number of alkyl halides is 4. The van der Waals surface area contributed by atoms with Crippen LogP contribution in [0.2, 0.25) is 5.02 Å². The average molecular weight is 335 g/mol. The van der Waals surface area contributed by atoms with Crippen molar-refractivity contribution in [3.05, 3.63) is 34.4 Å². The number of rotatable bonds is 2. The van der Waals surface area contributed by atoms with E-state index in [1.165, 1.54) is 12.1 Å². The maximum absolute atomic E-state index is 12.7. The number of hydrogen-bond acceptors (Lipinski definition) is 1. The van der Waals surface area contributed by atoms with Crippen LogP contribution in [0.3, 0.4) is 0 Å². The second-order valence-corrected chi connectivity index (χ2v) is 5.22. The number of hydrogen-bond donors (Lipinski definition) is 0. The van der Waals surface area contributed by atoms with Crippen molar-refractivity contribution < 1.29 is 17.9 Å². The first-order valence-corrected chi connectivity index (χ1v) is 7.13. The number of ether oxygens (including phenoxy) is 1. The molecule has 0 aromatic heterocycles. The zero-order chi connectivity index (χ0) is 15.5. The zero-order valence-electron chi connectivity index (χ0n) is 10.8. The molecule has 112 valence electrons. The summed E-state index contributed by atoms with van der Waals surface area (Å²) >= 11 is 11.5. The lowest BCUT2D eigenvalue weighted by molar-refractivity contribution is -0.180. The van der Waals surface area contributed by atoms with E-state index in [2.05, 4.69) is 11.8 Å². The van der Waals surface area contributed by atoms with E-state index in [0.29, 0.717) is 34.9 Å². The van der Waals surface area contributed by atoms with Crippen LogP contribution in [0.25, 0.3) is 6.08 Å². The molecule has 0 fully saturated rings. The van der Waals surface area contributed by atoms with E-state index in [1.807, 2.05) is 0 Å². The molecule has 21 heavy (non-hydrogen) atoms. The van der Waals surface area contributed by atoms with Gasteiger partial charge in [-0.05, 0) is 24.6 Å². The quantitative estimate of drug-likeness (QED) is 0.418. The van der Waals surface area contributed by atoms with Crippen LogP contribution in [0.15, 0.2) is 18.2 Å². The van der Waals surface area contributed by atoms with Crippen LogP contribution in [-0.4, -0.2) is 18.2 Å². The molecule has 0 amide bonds. The van der Waals surface area contributed by atoms with Gasteiger partial charge in [-0.2, -0.15) is 13.2 Å². The molecule has 1 aromatic rings. The lowest BCUT2D eigenvalue weighted by Gasteiger charge is -2.24. The molecule has 1 aliphatic rings. The van der Waals surface area contributed by atoms with Crippen molar-refractivity contribution in [2.75, 3.05) is 5.88 Å². The summed E-state index contributed by atoms with van der Waals surface area (Å²) < 4.78 is 43.3. The van der Waals surface area contributed by atoms with Crippen molar-refractivity contribution in [3.8, 4) is 17.6 Å². The predicted octanol–water partition coefficient (Wildman–Crippen LogP) is 5.05. The standard InChI is InChI=1S/C15H11Cl2F3O/c16-7-3-1-2-4-10-8-12(17)9-11-5-6-13(15(18,19)20)21-14(10)11/h5-6,8-9,13H,1,3,7H2/t13-/m0/s1. The van der Waals surface area contributed by atoms with E-state index >= 15 is 0 Å². The Kier molecular flexibility index (Phi) is 5.08. The fourth-order valence-electron chi connectivity index (χ4n) is 1.81. The Morgan fingerprint density at radius 2 is 2.05 bits per heavy atom. The molecule has 0 aliphatic carbocycles. The van der Waals surface area contributed by atoms with Crippen molar-refractivity contribution in [3.63, 3.8) is 0 Å². The van der Waals surface area contributed by atoms with Crippen LogP contribution in [0.1, 0.15) is 24.0 Å². The monoisotopic (exact) mass is 334 g/mol. The first kappa shape index (κ1) is 16.1. The summed E-state index contributed by atoms with van der Waals surface area (Å²) in [6.45, 7) is 0. The van der Waals surface area contributed by atoms with Crippen molar-refractivity contribution in [1.82, 2.24) is 0 Å². The summed E-state index contributed by atoms with van der Waals surface area (Å²) in [6.07, 6.45) is -2.84. The lowest BCUT2D eigenvalue weighted by Crippen LogP contribution is -2.34. The van der Waals surface area contributed by atoms with Gasteiger partial charge in [0, 0.05) is 22.9 Å². The van der Waals surface area contributed by atoms with Gasteiger partial charge < -0.3 is 4.74 Å². The Morgan fingerprint density at radius 3 is 2.71 bits per heavy atom. The molecule has 0 N–H and O–H groups in total. The third-order valence-electron chi connectivity index (χ3n) is 2.76. The molecule has 2 rings (SSSR count). The molecule has 1 heterocycles. The Morgan fingerprint density at radius 1 is 1.29 bits per heavy atom.